The number of hydrogen-bond acceptors (Lipinski definition) is 4. The van der Waals surface area contributed by atoms with Gasteiger partial charge in [0, 0.05) is 19.7 Å². The number of aliphatic hydroxyl groups is 1. The third kappa shape index (κ3) is 2.42. The Labute approximate surface area is 79.4 Å². The lowest BCUT2D eigenvalue weighted by Gasteiger charge is -2.15. The minimum Gasteiger partial charge on any atom is -0.395 e. The van der Waals surface area contributed by atoms with Gasteiger partial charge in [-0.05, 0) is 15.9 Å². The van der Waals surface area contributed by atoms with Gasteiger partial charge in [-0.3, -0.25) is 0 Å². The first-order chi connectivity index (χ1) is 5.74. The molecule has 66 valence electrons. The van der Waals surface area contributed by atoms with Crippen LogP contribution in [0, 0.1) is 0 Å². The van der Waals surface area contributed by atoms with Crippen LogP contribution in [-0.4, -0.2) is 35.3 Å². The van der Waals surface area contributed by atoms with Crippen molar-refractivity contribution in [2.45, 2.75) is 0 Å². The summed E-state index contributed by atoms with van der Waals surface area (Å²) in [6, 6.07) is 1.80. The van der Waals surface area contributed by atoms with E-state index in [1.807, 2.05) is 11.9 Å². The molecule has 12 heavy (non-hydrogen) atoms. The van der Waals surface area contributed by atoms with E-state index in [0.717, 1.165) is 10.4 Å². The van der Waals surface area contributed by atoms with Gasteiger partial charge < -0.3 is 10.0 Å². The zero-order valence-corrected chi connectivity index (χ0v) is 8.32. The number of aromatic nitrogens is 2. The molecule has 0 radical (unpaired) electrons. The SMILES string of the molecule is CN(CCO)c1cc(Br)ncn1. The number of anilines is 1. The molecule has 4 nitrogen and oxygen atoms in total. The minimum atomic E-state index is 0.123. The fraction of sp³-hybridized carbons (Fsp3) is 0.429. The van der Waals surface area contributed by atoms with Crippen molar-refractivity contribution in [2.75, 3.05) is 25.1 Å². The molecule has 0 atom stereocenters. The van der Waals surface area contributed by atoms with E-state index in [-0.39, 0.29) is 6.61 Å². The van der Waals surface area contributed by atoms with Crippen LogP contribution in [0.25, 0.3) is 0 Å². The Bertz CT molecular complexity index is 256. The summed E-state index contributed by atoms with van der Waals surface area (Å²) in [5, 5.41) is 8.67. The number of nitrogens with zero attached hydrogens (tertiary/aromatic N) is 3. The summed E-state index contributed by atoms with van der Waals surface area (Å²) >= 11 is 3.24. The van der Waals surface area contributed by atoms with Crippen LogP contribution in [0.1, 0.15) is 0 Å². The average Bonchev–Trinajstić information content (AvgIpc) is 2.05. The molecule has 0 fully saturated rings. The standard InChI is InChI=1S/C7H10BrN3O/c1-11(2-3-12)7-4-6(8)9-5-10-7/h4-5,12H,2-3H2,1H3. The predicted octanol–water partition coefficient (Wildman–Crippen LogP) is 0.668. The van der Waals surface area contributed by atoms with Gasteiger partial charge in [-0.25, -0.2) is 9.97 Å². The molecule has 0 spiro atoms. The molecule has 1 heterocycles. The summed E-state index contributed by atoms with van der Waals surface area (Å²) in [5.74, 6) is 0.797. The molecule has 0 saturated heterocycles. The molecule has 1 aromatic rings. The van der Waals surface area contributed by atoms with Crippen LogP contribution >= 0.6 is 15.9 Å². The molecular formula is C7H10BrN3O. The topological polar surface area (TPSA) is 49.2 Å². The van der Waals surface area contributed by atoms with Crippen LogP contribution < -0.4 is 4.90 Å². The Hall–Kier alpha value is -0.680. The van der Waals surface area contributed by atoms with Gasteiger partial charge in [-0.15, -0.1) is 0 Å². The summed E-state index contributed by atoms with van der Waals surface area (Å²) in [7, 11) is 1.87. The zero-order valence-electron chi connectivity index (χ0n) is 6.74. The van der Waals surface area contributed by atoms with E-state index in [9.17, 15) is 0 Å². The molecule has 1 aromatic heterocycles. The van der Waals surface area contributed by atoms with E-state index in [0.29, 0.717) is 6.54 Å². The van der Waals surface area contributed by atoms with Crippen LogP contribution in [-0.2, 0) is 0 Å². The third-order valence-corrected chi connectivity index (χ3v) is 1.88. The first kappa shape index (κ1) is 9.41. The number of likely N-dealkylation sites (N-methyl/N-ethyl adjacent to an activating group) is 1. The lowest BCUT2D eigenvalue weighted by molar-refractivity contribution is 0.304. The summed E-state index contributed by atoms with van der Waals surface area (Å²) in [6.45, 7) is 0.696. The molecule has 0 unspecified atom stereocenters. The second kappa shape index (κ2) is 4.37. The second-order valence-electron chi connectivity index (χ2n) is 2.34. The smallest absolute Gasteiger partial charge is 0.132 e. The molecule has 0 aliphatic heterocycles. The lowest BCUT2D eigenvalue weighted by atomic mass is 10.5. The molecule has 0 amide bonds. The van der Waals surface area contributed by atoms with E-state index in [1.165, 1.54) is 6.33 Å². The van der Waals surface area contributed by atoms with Gasteiger partial charge in [0.15, 0.2) is 0 Å². The van der Waals surface area contributed by atoms with Gasteiger partial charge in [0.1, 0.15) is 16.7 Å². The summed E-state index contributed by atoms with van der Waals surface area (Å²) in [6.07, 6.45) is 1.48. The van der Waals surface area contributed by atoms with Crippen LogP contribution in [0.2, 0.25) is 0 Å². The van der Waals surface area contributed by atoms with E-state index < -0.39 is 0 Å². The molecule has 1 rings (SSSR count). The van der Waals surface area contributed by atoms with E-state index in [4.69, 9.17) is 5.11 Å². The van der Waals surface area contributed by atoms with E-state index in [1.54, 1.807) is 6.07 Å². The summed E-state index contributed by atoms with van der Waals surface area (Å²) < 4.78 is 0.747. The van der Waals surface area contributed by atoms with Crippen molar-refractivity contribution in [1.29, 1.82) is 0 Å². The van der Waals surface area contributed by atoms with Crippen molar-refractivity contribution in [2.24, 2.45) is 0 Å². The Balaban J connectivity index is 2.73. The fourth-order valence-corrected chi connectivity index (χ4v) is 1.09. The quantitative estimate of drug-likeness (QED) is 0.778. The zero-order chi connectivity index (χ0) is 8.97. The van der Waals surface area contributed by atoms with Crippen molar-refractivity contribution >= 4 is 21.7 Å². The van der Waals surface area contributed by atoms with Gasteiger partial charge in [0.05, 0.1) is 6.61 Å². The molecule has 0 aromatic carbocycles. The van der Waals surface area contributed by atoms with Crippen LogP contribution in [0.15, 0.2) is 17.0 Å². The van der Waals surface area contributed by atoms with Crippen molar-refractivity contribution in [1.82, 2.24) is 9.97 Å². The first-order valence-electron chi connectivity index (χ1n) is 3.53. The van der Waals surface area contributed by atoms with E-state index in [2.05, 4.69) is 25.9 Å². The summed E-state index contributed by atoms with van der Waals surface area (Å²) in [5.41, 5.74) is 0. The molecule has 0 bridgehead atoms. The van der Waals surface area contributed by atoms with Gasteiger partial charge in [0.25, 0.3) is 0 Å². The van der Waals surface area contributed by atoms with Gasteiger partial charge in [0.2, 0.25) is 0 Å². The number of aliphatic hydroxyl groups excluding tert-OH is 1. The molecular weight excluding hydrogens is 222 g/mol. The largest absolute Gasteiger partial charge is 0.395 e. The van der Waals surface area contributed by atoms with Crippen LogP contribution in [0.3, 0.4) is 0 Å². The van der Waals surface area contributed by atoms with Crippen molar-refractivity contribution in [3.05, 3.63) is 17.0 Å². The van der Waals surface area contributed by atoms with Crippen LogP contribution in [0.5, 0.6) is 0 Å². The maximum atomic E-state index is 8.67. The van der Waals surface area contributed by atoms with Gasteiger partial charge >= 0.3 is 0 Å². The second-order valence-corrected chi connectivity index (χ2v) is 3.16. The molecule has 0 aliphatic rings. The van der Waals surface area contributed by atoms with Crippen molar-refractivity contribution in [3.8, 4) is 0 Å². The number of halogens is 1. The molecule has 1 N–H and O–H groups in total. The highest BCUT2D eigenvalue weighted by Gasteiger charge is 2.01. The van der Waals surface area contributed by atoms with Gasteiger partial charge in [-0.1, -0.05) is 0 Å². The Morgan fingerprint density at radius 1 is 1.58 bits per heavy atom. The van der Waals surface area contributed by atoms with Crippen LogP contribution in [0.4, 0.5) is 5.82 Å². The Kier molecular flexibility index (Phi) is 3.43. The van der Waals surface area contributed by atoms with Crippen molar-refractivity contribution < 1.29 is 5.11 Å². The highest BCUT2D eigenvalue weighted by Crippen LogP contribution is 2.12. The molecule has 5 heteroatoms. The highest BCUT2D eigenvalue weighted by molar-refractivity contribution is 9.10. The maximum Gasteiger partial charge on any atom is 0.132 e. The maximum absolute atomic E-state index is 8.67. The number of hydrogen-bond donors (Lipinski definition) is 1. The first-order valence-corrected chi connectivity index (χ1v) is 4.33. The normalized spacial score (nSPS) is 9.92. The third-order valence-electron chi connectivity index (χ3n) is 1.45. The molecule has 0 saturated carbocycles. The number of rotatable bonds is 3. The average molecular weight is 232 g/mol. The minimum absolute atomic E-state index is 0.123. The van der Waals surface area contributed by atoms with Gasteiger partial charge in [-0.2, -0.15) is 0 Å². The lowest BCUT2D eigenvalue weighted by Crippen LogP contribution is -2.22. The summed E-state index contributed by atoms with van der Waals surface area (Å²) in [4.78, 5) is 9.78. The fourth-order valence-electron chi connectivity index (χ4n) is 0.798. The van der Waals surface area contributed by atoms with Crippen molar-refractivity contribution in [3.63, 3.8) is 0 Å². The monoisotopic (exact) mass is 231 g/mol. The Morgan fingerprint density at radius 3 is 2.92 bits per heavy atom. The molecule has 0 aliphatic carbocycles. The predicted molar refractivity (Wildman–Crippen MR) is 50.1 cm³/mol. The van der Waals surface area contributed by atoms with E-state index >= 15 is 0 Å². The Morgan fingerprint density at radius 2 is 2.33 bits per heavy atom. The highest BCUT2D eigenvalue weighted by atomic mass is 79.9.